The van der Waals surface area contributed by atoms with Crippen LogP contribution in [0.15, 0.2) is 0 Å². The van der Waals surface area contributed by atoms with Crippen LogP contribution in [0.5, 0.6) is 0 Å². The molecule has 0 aliphatic heterocycles. The van der Waals surface area contributed by atoms with E-state index in [2.05, 4.69) is 5.32 Å². The van der Waals surface area contributed by atoms with Gasteiger partial charge < -0.3 is 21.3 Å². The van der Waals surface area contributed by atoms with Crippen molar-refractivity contribution in [3.05, 3.63) is 0 Å². The second-order valence-corrected chi connectivity index (χ2v) is 5.07. The normalized spacial score (nSPS) is 15.8. The number of carbonyl (C=O) groups excluding carboxylic acids is 1. The van der Waals surface area contributed by atoms with E-state index in [1.807, 2.05) is 6.92 Å². The maximum atomic E-state index is 11.5. The molecule has 0 saturated heterocycles. The van der Waals surface area contributed by atoms with Gasteiger partial charge in [-0.1, -0.05) is 6.92 Å². The number of nitrogens with two attached hydrogens (primary N) is 1. The number of carboxylic acid groups (broad SMARTS) is 1. The van der Waals surface area contributed by atoms with E-state index in [4.69, 9.17) is 10.8 Å². The molecule has 0 aromatic rings. The third-order valence-corrected chi connectivity index (χ3v) is 2.72. The summed E-state index contributed by atoms with van der Waals surface area (Å²) in [5.74, 6) is -0.879. The third kappa shape index (κ3) is 8.95. The average Bonchev–Trinajstić information content (AvgIpc) is 2.22. The van der Waals surface area contributed by atoms with Crippen molar-refractivity contribution in [1.82, 2.24) is 5.32 Å². The summed E-state index contributed by atoms with van der Waals surface area (Å²) in [6.07, 6.45) is 1.59. The molecule has 0 fully saturated rings. The molecule has 2 atom stereocenters. The lowest BCUT2D eigenvalue weighted by Gasteiger charge is -2.21. The van der Waals surface area contributed by atoms with E-state index < -0.39 is 18.0 Å². The lowest BCUT2D eigenvalue weighted by molar-refractivity contribution is -0.142. The van der Waals surface area contributed by atoms with Gasteiger partial charge in [-0.05, 0) is 32.2 Å². The number of hydrogen-bond donors (Lipinski definition) is 4. The molecular weight excluding hydrogens is 236 g/mol. The molecule has 6 nitrogen and oxygen atoms in total. The molecule has 0 aromatic carbocycles. The van der Waals surface area contributed by atoms with Gasteiger partial charge in [-0.3, -0.25) is 9.59 Å². The standard InChI is InChI=1S/C12H24N2O4/c1-9(5-6-13)3-4-10(15)14-8-12(2,18)7-11(16)17/h9,18H,3-8,13H2,1-2H3,(H,14,15)(H,16,17). The fraction of sp³-hybridized carbons (Fsp3) is 0.833. The molecule has 0 aliphatic rings. The zero-order chi connectivity index (χ0) is 14.2. The van der Waals surface area contributed by atoms with E-state index in [-0.39, 0.29) is 12.5 Å². The second-order valence-electron chi connectivity index (χ2n) is 5.07. The monoisotopic (exact) mass is 260 g/mol. The molecule has 106 valence electrons. The first-order chi connectivity index (χ1) is 8.26. The van der Waals surface area contributed by atoms with Gasteiger partial charge in [0, 0.05) is 13.0 Å². The number of hydrogen-bond acceptors (Lipinski definition) is 4. The molecule has 1 amide bonds. The molecule has 0 aliphatic carbocycles. The minimum Gasteiger partial charge on any atom is -0.481 e. The van der Waals surface area contributed by atoms with Crippen molar-refractivity contribution in [1.29, 1.82) is 0 Å². The summed E-state index contributed by atoms with van der Waals surface area (Å²) < 4.78 is 0. The number of aliphatic hydroxyl groups is 1. The first-order valence-electron chi connectivity index (χ1n) is 6.18. The van der Waals surface area contributed by atoms with Crippen LogP contribution >= 0.6 is 0 Å². The number of nitrogens with one attached hydrogen (secondary N) is 1. The number of carbonyl (C=O) groups is 2. The highest BCUT2D eigenvalue weighted by molar-refractivity contribution is 5.76. The molecule has 0 bridgehead atoms. The Hall–Kier alpha value is -1.14. The Bertz CT molecular complexity index is 279. The average molecular weight is 260 g/mol. The lowest BCUT2D eigenvalue weighted by Crippen LogP contribution is -2.42. The highest BCUT2D eigenvalue weighted by Gasteiger charge is 2.24. The predicted molar refractivity (Wildman–Crippen MR) is 68.0 cm³/mol. The van der Waals surface area contributed by atoms with Gasteiger partial charge in [0.25, 0.3) is 0 Å². The molecule has 0 saturated carbocycles. The Labute approximate surface area is 108 Å². The SMILES string of the molecule is CC(CCN)CCC(=O)NCC(C)(O)CC(=O)O. The number of carboxylic acids is 1. The van der Waals surface area contributed by atoms with Crippen LogP contribution in [0.3, 0.4) is 0 Å². The van der Waals surface area contributed by atoms with Crippen molar-refractivity contribution >= 4 is 11.9 Å². The summed E-state index contributed by atoms with van der Waals surface area (Å²) >= 11 is 0. The third-order valence-electron chi connectivity index (χ3n) is 2.72. The number of rotatable bonds is 9. The van der Waals surface area contributed by atoms with Crippen LogP contribution in [0, 0.1) is 5.92 Å². The Morgan fingerprint density at radius 3 is 2.50 bits per heavy atom. The van der Waals surface area contributed by atoms with Gasteiger partial charge >= 0.3 is 5.97 Å². The maximum Gasteiger partial charge on any atom is 0.306 e. The van der Waals surface area contributed by atoms with Crippen LogP contribution in [0.1, 0.15) is 39.5 Å². The zero-order valence-electron chi connectivity index (χ0n) is 11.1. The molecule has 0 spiro atoms. The lowest BCUT2D eigenvalue weighted by atomic mass is 10.0. The quantitative estimate of drug-likeness (QED) is 0.469. The highest BCUT2D eigenvalue weighted by atomic mass is 16.4. The molecule has 18 heavy (non-hydrogen) atoms. The van der Waals surface area contributed by atoms with Gasteiger partial charge in [-0.15, -0.1) is 0 Å². The van der Waals surface area contributed by atoms with E-state index in [0.29, 0.717) is 18.9 Å². The van der Waals surface area contributed by atoms with Crippen molar-refractivity contribution in [2.24, 2.45) is 11.7 Å². The van der Waals surface area contributed by atoms with Gasteiger partial charge in [0.15, 0.2) is 0 Å². The van der Waals surface area contributed by atoms with E-state index in [0.717, 1.165) is 12.8 Å². The van der Waals surface area contributed by atoms with Crippen molar-refractivity contribution in [2.45, 2.75) is 45.1 Å². The van der Waals surface area contributed by atoms with Gasteiger partial charge in [0.2, 0.25) is 5.91 Å². The molecule has 2 unspecified atom stereocenters. The van der Waals surface area contributed by atoms with Crippen LogP contribution in [-0.4, -0.2) is 40.8 Å². The van der Waals surface area contributed by atoms with E-state index >= 15 is 0 Å². The first-order valence-corrected chi connectivity index (χ1v) is 6.18. The topological polar surface area (TPSA) is 113 Å². The minimum absolute atomic E-state index is 0.0522. The van der Waals surface area contributed by atoms with Crippen molar-refractivity contribution < 1.29 is 19.8 Å². The molecule has 0 radical (unpaired) electrons. The Kier molecular flexibility index (Phi) is 7.54. The zero-order valence-corrected chi connectivity index (χ0v) is 11.1. The summed E-state index contributed by atoms with van der Waals surface area (Å²) in [6.45, 7) is 3.97. The van der Waals surface area contributed by atoms with Gasteiger partial charge in [-0.25, -0.2) is 0 Å². The van der Waals surface area contributed by atoms with Crippen LogP contribution in [-0.2, 0) is 9.59 Å². The summed E-state index contributed by atoms with van der Waals surface area (Å²) in [6, 6.07) is 0. The van der Waals surface area contributed by atoms with E-state index in [1.54, 1.807) is 0 Å². The number of amides is 1. The fourth-order valence-electron chi connectivity index (χ4n) is 1.57. The van der Waals surface area contributed by atoms with Crippen molar-refractivity contribution in [2.75, 3.05) is 13.1 Å². The van der Waals surface area contributed by atoms with Crippen molar-refractivity contribution in [3.8, 4) is 0 Å². The van der Waals surface area contributed by atoms with Crippen LogP contribution in [0.2, 0.25) is 0 Å². The van der Waals surface area contributed by atoms with Gasteiger partial charge in [0.05, 0.1) is 12.0 Å². The minimum atomic E-state index is -1.41. The van der Waals surface area contributed by atoms with Gasteiger partial charge in [-0.2, -0.15) is 0 Å². The molecule has 5 N–H and O–H groups in total. The fourth-order valence-corrected chi connectivity index (χ4v) is 1.57. The Morgan fingerprint density at radius 2 is 2.00 bits per heavy atom. The molecule has 0 heterocycles. The molecular formula is C12H24N2O4. The van der Waals surface area contributed by atoms with E-state index in [9.17, 15) is 14.7 Å². The predicted octanol–water partition coefficient (Wildman–Crippen LogP) is 0.0934. The second kappa shape index (κ2) is 8.05. The molecule has 0 aromatic heterocycles. The summed E-state index contributed by atoms with van der Waals surface area (Å²) in [7, 11) is 0. The van der Waals surface area contributed by atoms with Crippen LogP contribution in [0.4, 0.5) is 0 Å². The summed E-state index contributed by atoms with van der Waals surface area (Å²) in [5.41, 5.74) is 4.00. The molecule has 0 rings (SSSR count). The summed E-state index contributed by atoms with van der Waals surface area (Å²) in [5, 5.41) is 20.8. The van der Waals surface area contributed by atoms with Crippen molar-refractivity contribution in [3.63, 3.8) is 0 Å². The van der Waals surface area contributed by atoms with Gasteiger partial charge in [0.1, 0.15) is 0 Å². The summed E-state index contributed by atoms with van der Waals surface area (Å²) in [4.78, 5) is 21.9. The first kappa shape index (κ1) is 16.9. The Balaban J connectivity index is 3.85. The maximum absolute atomic E-state index is 11.5. The number of aliphatic carboxylic acids is 1. The largest absolute Gasteiger partial charge is 0.481 e. The van der Waals surface area contributed by atoms with E-state index in [1.165, 1.54) is 6.92 Å². The Morgan fingerprint density at radius 1 is 1.39 bits per heavy atom. The molecule has 6 heteroatoms. The highest BCUT2D eigenvalue weighted by Crippen LogP contribution is 2.10. The smallest absolute Gasteiger partial charge is 0.306 e. The van der Waals surface area contributed by atoms with Crippen LogP contribution < -0.4 is 11.1 Å². The van der Waals surface area contributed by atoms with Crippen LogP contribution in [0.25, 0.3) is 0 Å².